The average Bonchev–Trinajstić information content (AvgIpc) is 2.85. The smallest absolute Gasteiger partial charge is 0.253 e. The Labute approximate surface area is 195 Å². The van der Waals surface area contributed by atoms with Crippen molar-refractivity contribution in [3.8, 4) is 0 Å². The molecule has 0 saturated carbocycles. The van der Waals surface area contributed by atoms with Crippen molar-refractivity contribution in [3.63, 3.8) is 0 Å². The summed E-state index contributed by atoms with van der Waals surface area (Å²) in [6.07, 6.45) is 0.874. The van der Waals surface area contributed by atoms with E-state index in [9.17, 15) is 9.59 Å². The summed E-state index contributed by atoms with van der Waals surface area (Å²) in [5, 5.41) is 0. The van der Waals surface area contributed by atoms with Crippen LogP contribution in [0, 0.1) is 0 Å². The van der Waals surface area contributed by atoms with E-state index >= 15 is 0 Å². The molecule has 2 heterocycles. The highest BCUT2D eigenvalue weighted by Crippen LogP contribution is 2.20. The van der Waals surface area contributed by atoms with Gasteiger partial charge in [-0.2, -0.15) is 0 Å². The summed E-state index contributed by atoms with van der Waals surface area (Å²) in [4.78, 5) is 31.8. The Kier molecular flexibility index (Phi) is 6.22. The first-order valence-electron chi connectivity index (χ1n) is 11.7. The Bertz CT molecular complexity index is 1090. The molecule has 2 aliphatic rings. The van der Waals surface area contributed by atoms with E-state index in [0.717, 1.165) is 56.8 Å². The molecule has 0 radical (unpaired) electrons. The zero-order valence-electron chi connectivity index (χ0n) is 18.8. The molecule has 5 nitrogen and oxygen atoms in total. The Morgan fingerprint density at radius 3 is 1.76 bits per heavy atom. The number of likely N-dealkylation sites (tertiary alicyclic amines) is 1. The molecule has 2 saturated heterocycles. The van der Waals surface area contributed by atoms with Crippen molar-refractivity contribution in [1.29, 1.82) is 0 Å². The van der Waals surface area contributed by atoms with Crippen molar-refractivity contribution >= 4 is 11.8 Å². The SMILES string of the molecule is O=C(c1ccc(Cc2ccccc2)cc1)N1CCN(C2CN(C(=O)c3ccccc3)C2)CC1. The van der Waals surface area contributed by atoms with Crippen LogP contribution in [0.25, 0.3) is 0 Å². The minimum atomic E-state index is 0.107. The normalized spacial score (nSPS) is 17.0. The lowest BCUT2D eigenvalue weighted by atomic mass is 10.0. The van der Waals surface area contributed by atoms with Crippen LogP contribution in [0.3, 0.4) is 0 Å². The van der Waals surface area contributed by atoms with Gasteiger partial charge in [-0.3, -0.25) is 14.5 Å². The molecule has 5 rings (SSSR count). The monoisotopic (exact) mass is 439 g/mol. The standard InChI is InChI=1S/C28H29N3O2/c32-27(25-13-11-23(12-14-25)19-22-7-3-1-4-8-22)30-17-15-29(16-18-30)26-20-31(21-26)28(33)24-9-5-2-6-10-24/h1-14,26H,15-21H2. The van der Waals surface area contributed by atoms with Crippen LogP contribution in [0.2, 0.25) is 0 Å². The summed E-state index contributed by atoms with van der Waals surface area (Å²) >= 11 is 0. The van der Waals surface area contributed by atoms with Crippen molar-refractivity contribution in [2.24, 2.45) is 0 Å². The number of nitrogens with zero attached hydrogens (tertiary/aromatic N) is 3. The van der Waals surface area contributed by atoms with Gasteiger partial charge in [0, 0.05) is 56.4 Å². The first-order chi connectivity index (χ1) is 16.2. The third-order valence-corrected chi connectivity index (χ3v) is 6.74. The van der Waals surface area contributed by atoms with Gasteiger partial charge in [-0.05, 0) is 41.8 Å². The predicted octanol–water partition coefficient (Wildman–Crippen LogP) is 3.56. The van der Waals surface area contributed by atoms with Crippen LogP contribution in [0.5, 0.6) is 0 Å². The topological polar surface area (TPSA) is 43.9 Å². The van der Waals surface area contributed by atoms with Gasteiger partial charge in [-0.15, -0.1) is 0 Å². The molecule has 0 bridgehead atoms. The first-order valence-corrected chi connectivity index (χ1v) is 11.7. The lowest BCUT2D eigenvalue weighted by Crippen LogP contribution is -2.64. The maximum atomic E-state index is 13.0. The van der Waals surface area contributed by atoms with E-state index in [0.29, 0.717) is 6.04 Å². The fourth-order valence-electron chi connectivity index (χ4n) is 4.68. The van der Waals surface area contributed by atoms with Crippen LogP contribution in [-0.2, 0) is 6.42 Å². The fraction of sp³-hybridized carbons (Fsp3) is 0.286. The molecule has 2 amide bonds. The van der Waals surface area contributed by atoms with Crippen LogP contribution in [0.4, 0.5) is 0 Å². The number of benzene rings is 3. The molecule has 2 fully saturated rings. The van der Waals surface area contributed by atoms with E-state index < -0.39 is 0 Å². The number of rotatable bonds is 5. The van der Waals surface area contributed by atoms with Crippen LogP contribution >= 0.6 is 0 Å². The molecule has 3 aromatic rings. The fourth-order valence-corrected chi connectivity index (χ4v) is 4.68. The Balaban J connectivity index is 1.10. The Hall–Kier alpha value is -3.44. The van der Waals surface area contributed by atoms with Gasteiger partial charge in [0.05, 0.1) is 0 Å². The minimum absolute atomic E-state index is 0.107. The lowest BCUT2D eigenvalue weighted by Gasteiger charge is -2.48. The van der Waals surface area contributed by atoms with Gasteiger partial charge in [-0.1, -0.05) is 60.7 Å². The van der Waals surface area contributed by atoms with Gasteiger partial charge in [-0.25, -0.2) is 0 Å². The summed E-state index contributed by atoms with van der Waals surface area (Å²) in [6.45, 7) is 4.71. The van der Waals surface area contributed by atoms with E-state index in [-0.39, 0.29) is 11.8 Å². The number of carbonyl (C=O) groups excluding carboxylic acids is 2. The van der Waals surface area contributed by atoms with Gasteiger partial charge < -0.3 is 9.80 Å². The molecule has 168 valence electrons. The molecule has 0 N–H and O–H groups in total. The second kappa shape index (κ2) is 9.59. The second-order valence-electron chi connectivity index (χ2n) is 8.92. The molecule has 0 aromatic heterocycles. The van der Waals surface area contributed by atoms with Gasteiger partial charge in [0.1, 0.15) is 0 Å². The highest BCUT2D eigenvalue weighted by Gasteiger charge is 2.36. The summed E-state index contributed by atoms with van der Waals surface area (Å²) in [7, 11) is 0. The van der Waals surface area contributed by atoms with E-state index in [1.807, 2.05) is 58.3 Å². The zero-order chi connectivity index (χ0) is 22.6. The molecule has 33 heavy (non-hydrogen) atoms. The maximum absolute atomic E-state index is 13.0. The summed E-state index contributed by atoms with van der Waals surface area (Å²) in [6, 6.07) is 28.2. The number of hydrogen-bond donors (Lipinski definition) is 0. The van der Waals surface area contributed by atoms with Gasteiger partial charge in [0.2, 0.25) is 0 Å². The van der Waals surface area contributed by atoms with Gasteiger partial charge >= 0.3 is 0 Å². The third-order valence-electron chi connectivity index (χ3n) is 6.74. The highest BCUT2D eigenvalue weighted by atomic mass is 16.2. The molecular formula is C28H29N3O2. The third kappa shape index (κ3) is 4.83. The number of piperazine rings is 1. The summed E-state index contributed by atoms with van der Waals surface area (Å²) in [5.74, 6) is 0.215. The van der Waals surface area contributed by atoms with Gasteiger partial charge in [0.15, 0.2) is 0 Å². The van der Waals surface area contributed by atoms with Crippen molar-refractivity contribution < 1.29 is 9.59 Å². The lowest BCUT2D eigenvalue weighted by molar-refractivity contribution is 0.00854. The average molecular weight is 440 g/mol. The van der Waals surface area contributed by atoms with Crippen molar-refractivity contribution in [2.45, 2.75) is 12.5 Å². The molecule has 3 aromatic carbocycles. The van der Waals surface area contributed by atoms with Crippen molar-refractivity contribution in [1.82, 2.24) is 14.7 Å². The Morgan fingerprint density at radius 1 is 0.606 bits per heavy atom. The zero-order valence-corrected chi connectivity index (χ0v) is 18.8. The van der Waals surface area contributed by atoms with Crippen LogP contribution in [0.1, 0.15) is 31.8 Å². The second-order valence-corrected chi connectivity index (χ2v) is 8.92. The van der Waals surface area contributed by atoms with Crippen molar-refractivity contribution in [2.75, 3.05) is 39.3 Å². The number of carbonyl (C=O) groups is 2. The van der Waals surface area contributed by atoms with E-state index in [4.69, 9.17) is 0 Å². The van der Waals surface area contributed by atoms with Gasteiger partial charge in [0.25, 0.3) is 11.8 Å². The highest BCUT2D eigenvalue weighted by molar-refractivity contribution is 5.95. The van der Waals surface area contributed by atoms with Crippen molar-refractivity contribution in [3.05, 3.63) is 107 Å². The van der Waals surface area contributed by atoms with E-state index in [1.54, 1.807) is 0 Å². The predicted molar refractivity (Wildman–Crippen MR) is 129 cm³/mol. The number of hydrogen-bond acceptors (Lipinski definition) is 3. The molecule has 0 aliphatic carbocycles. The molecule has 5 heteroatoms. The largest absolute Gasteiger partial charge is 0.336 e. The molecule has 0 unspecified atom stereocenters. The number of amides is 2. The quantitative estimate of drug-likeness (QED) is 0.611. The van der Waals surface area contributed by atoms with Crippen LogP contribution < -0.4 is 0 Å². The molecule has 0 atom stereocenters. The first kappa shape index (κ1) is 21.4. The molecule has 2 aliphatic heterocycles. The maximum Gasteiger partial charge on any atom is 0.253 e. The minimum Gasteiger partial charge on any atom is -0.336 e. The van der Waals surface area contributed by atoms with E-state index in [1.165, 1.54) is 11.1 Å². The molecular weight excluding hydrogens is 410 g/mol. The summed E-state index contributed by atoms with van der Waals surface area (Å²) < 4.78 is 0. The van der Waals surface area contributed by atoms with E-state index in [2.05, 4.69) is 41.3 Å². The van der Waals surface area contributed by atoms with Crippen LogP contribution in [0.15, 0.2) is 84.9 Å². The molecule has 0 spiro atoms. The summed E-state index contributed by atoms with van der Waals surface area (Å²) in [5.41, 5.74) is 3.99. The Morgan fingerprint density at radius 2 is 1.12 bits per heavy atom. The van der Waals surface area contributed by atoms with Crippen LogP contribution in [-0.4, -0.2) is 71.8 Å².